The topological polar surface area (TPSA) is 84.9 Å². The Kier molecular flexibility index (Phi) is 4.73. The largest absolute Gasteiger partial charge is 0.480 e. The van der Waals surface area contributed by atoms with Gasteiger partial charge in [0.1, 0.15) is 6.54 Å². The Balaban J connectivity index is 1.99. The summed E-state index contributed by atoms with van der Waals surface area (Å²) in [6.07, 6.45) is 0.464. The zero-order valence-electron chi connectivity index (χ0n) is 10.7. The van der Waals surface area contributed by atoms with Gasteiger partial charge in [0.05, 0.1) is 5.92 Å². The van der Waals surface area contributed by atoms with Crippen molar-refractivity contribution in [2.75, 3.05) is 19.1 Å². The van der Waals surface area contributed by atoms with E-state index in [1.165, 1.54) is 0 Å². The molecular formula is C13H15NO5S. The molecule has 1 aliphatic heterocycles. The maximum absolute atomic E-state index is 11.8. The molecule has 0 aliphatic carbocycles. The normalized spacial score (nSPS) is 13.8. The van der Waals surface area contributed by atoms with Crippen molar-refractivity contribution in [3.63, 3.8) is 0 Å². The van der Waals surface area contributed by atoms with E-state index in [0.717, 1.165) is 5.56 Å². The number of carboxylic acids is 1. The van der Waals surface area contributed by atoms with E-state index in [9.17, 15) is 9.59 Å². The first kappa shape index (κ1) is 14.5. The minimum Gasteiger partial charge on any atom is -0.480 e. The number of rotatable bonds is 6. The SMILES string of the molecule is O=C(O)CNC(=O)[C@@H](CS)Cc1ccc2c(c1)OCO2. The molecule has 1 aliphatic rings. The van der Waals surface area contributed by atoms with Crippen molar-refractivity contribution in [2.45, 2.75) is 6.42 Å². The molecule has 2 N–H and O–H groups in total. The molecule has 1 heterocycles. The van der Waals surface area contributed by atoms with Gasteiger partial charge in [-0.05, 0) is 24.1 Å². The van der Waals surface area contributed by atoms with Crippen LogP contribution in [0.3, 0.4) is 0 Å². The molecule has 1 amide bonds. The van der Waals surface area contributed by atoms with Crippen molar-refractivity contribution in [3.8, 4) is 11.5 Å². The molecule has 6 nitrogen and oxygen atoms in total. The maximum Gasteiger partial charge on any atom is 0.322 e. The second kappa shape index (κ2) is 6.51. The highest BCUT2D eigenvalue weighted by atomic mass is 32.1. The smallest absolute Gasteiger partial charge is 0.322 e. The molecule has 7 heteroatoms. The molecule has 0 radical (unpaired) electrons. The Morgan fingerprint density at radius 2 is 2.10 bits per heavy atom. The number of benzene rings is 1. The summed E-state index contributed by atoms with van der Waals surface area (Å²) in [5, 5.41) is 10.9. The molecule has 108 valence electrons. The van der Waals surface area contributed by atoms with E-state index >= 15 is 0 Å². The van der Waals surface area contributed by atoms with Gasteiger partial charge in [0, 0.05) is 5.75 Å². The number of aliphatic carboxylic acids is 1. The zero-order chi connectivity index (χ0) is 14.5. The van der Waals surface area contributed by atoms with Crippen LogP contribution in [0.2, 0.25) is 0 Å². The van der Waals surface area contributed by atoms with Crippen LogP contribution in [0.15, 0.2) is 18.2 Å². The average molecular weight is 297 g/mol. The third kappa shape index (κ3) is 3.57. The number of hydrogen-bond donors (Lipinski definition) is 3. The number of carbonyl (C=O) groups excluding carboxylic acids is 1. The Morgan fingerprint density at radius 1 is 1.35 bits per heavy atom. The van der Waals surface area contributed by atoms with E-state index in [1.54, 1.807) is 6.07 Å². The lowest BCUT2D eigenvalue weighted by Gasteiger charge is -2.14. The van der Waals surface area contributed by atoms with Crippen molar-refractivity contribution >= 4 is 24.5 Å². The summed E-state index contributed by atoms with van der Waals surface area (Å²) < 4.78 is 10.5. The van der Waals surface area contributed by atoms with Crippen LogP contribution in [-0.2, 0) is 16.0 Å². The van der Waals surface area contributed by atoms with Crippen molar-refractivity contribution in [2.24, 2.45) is 5.92 Å². The quantitative estimate of drug-likeness (QED) is 0.673. The molecular weight excluding hydrogens is 282 g/mol. The Hall–Kier alpha value is -1.89. The number of nitrogens with one attached hydrogen (secondary N) is 1. The van der Waals surface area contributed by atoms with Gasteiger partial charge in [-0.3, -0.25) is 9.59 Å². The monoisotopic (exact) mass is 297 g/mol. The van der Waals surface area contributed by atoms with Gasteiger partial charge in [-0.2, -0.15) is 12.6 Å². The van der Waals surface area contributed by atoms with Crippen LogP contribution in [0.5, 0.6) is 11.5 Å². The van der Waals surface area contributed by atoms with Crippen molar-refractivity contribution in [1.82, 2.24) is 5.32 Å². The average Bonchev–Trinajstić information content (AvgIpc) is 2.89. The molecule has 0 unspecified atom stereocenters. The van der Waals surface area contributed by atoms with Crippen LogP contribution in [0.4, 0.5) is 0 Å². The van der Waals surface area contributed by atoms with Crippen LogP contribution in [0.1, 0.15) is 5.56 Å². The summed E-state index contributed by atoms with van der Waals surface area (Å²) >= 11 is 4.15. The predicted octanol–water partition coefficient (Wildman–Crippen LogP) is 0.705. The minimum absolute atomic E-state index is 0.202. The maximum atomic E-state index is 11.8. The van der Waals surface area contributed by atoms with Crippen LogP contribution >= 0.6 is 12.6 Å². The summed E-state index contributed by atoms with van der Waals surface area (Å²) in [6, 6.07) is 5.47. The summed E-state index contributed by atoms with van der Waals surface area (Å²) in [5.74, 6) is -0.102. The lowest BCUT2D eigenvalue weighted by molar-refractivity contribution is -0.138. The first-order valence-electron chi connectivity index (χ1n) is 6.09. The summed E-state index contributed by atoms with van der Waals surface area (Å²) in [4.78, 5) is 22.3. The lowest BCUT2D eigenvalue weighted by Crippen LogP contribution is -2.36. The van der Waals surface area contributed by atoms with E-state index in [0.29, 0.717) is 23.7 Å². The fraction of sp³-hybridized carbons (Fsp3) is 0.385. The molecule has 0 saturated heterocycles. The van der Waals surface area contributed by atoms with Gasteiger partial charge < -0.3 is 19.9 Å². The number of fused-ring (bicyclic) bond motifs is 1. The minimum atomic E-state index is -1.07. The number of carboxylic acid groups (broad SMARTS) is 1. The number of carbonyl (C=O) groups is 2. The highest BCUT2D eigenvalue weighted by molar-refractivity contribution is 7.80. The third-order valence-electron chi connectivity index (χ3n) is 2.92. The molecule has 0 spiro atoms. The van der Waals surface area contributed by atoms with Gasteiger partial charge in [0.25, 0.3) is 0 Å². The van der Waals surface area contributed by atoms with Crippen LogP contribution in [0.25, 0.3) is 0 Å². The summed E-state index contributed by atoms with van der Waals surface area (Å²) in [6.45, 7) is -0.182. The van der Waals surface area contributed by atoms with Gasteiger partial charge in [-0.15, -0.1) is 0 Å². The first-order valence-corrected chi connectivity index (χ1v) is 6.72. The van der Waals surface area contributed by atoms with Gasteiger partial charge in [0.15, 0.2) is 11.5 Å². The van der Waals surface area contributed by atoms with Crippen LogP contribution < -0.4 is 14.8 Å². The summed E-state index contributed by atoms with van der Waals surface area (Å²) in [5.41, 5.74) is 0.916. The highest BCUT2D eigenvalue weighted by Crippen LogP contribution is 2.33. The second-order valence-electron chi connectivity index (χ2n) is 4.38. The van der Waals surface area contributed by atoms with Crippen LogP contribution in [-0.4, -0.2) is 36.1 Å². The van der Waals surface area contributed by atoms with Gasteiger partial charge in [-0.1, -0.05) is 6.07 Å². The van der Waals surface area contributed by atoms with Gasteiger partial charge >= 0.3 is 5.97 Å². The molecule has 0 aromatic heterocycles. The molecule has 1 aromatic carbocycles. The number of hydrogen-bond acceptors (Lipinski definition) is 5. The predicted molar refractivity (Wildman–Crippen MR) is 74.3 cm³/mol. The molecule has 0 fully saturated rings. The van der Waals surface area contributed by atoms with Gasteiger partial charge in [-0.25, -0.2) is 0 Å². The fourth-order valence-corrected chi connectivity index (χ4v) is 2.19. The second-order valence-corrected chi connectivity index (χ2v) is 4.75. The van der Waals surface area contributed by atoms with Gasteiger partial charge in [0.2, 0.25) is 12.7 Å². The van der Waals surface area contributed by atoms with Crippen LogP contribution in [0, 0.1) is 5.92 Å². The zero-order valence-corrected chi connectivity index (χ0v) is 11.6. The van der Waals surface area contributed by atoms with E-state index in [1.807, 2.05) is 12.1 Å². The standard InChI is InChI=1S/C13H15NO5S/c15-12(16)5-14-13(17)9(6-20)3-8-1-2-10-11(4-8)19-7-18-10/h1-2,4,9,20H,3,5-7H2,(H,14,17)(H,15,16)/t9-/m1/s1. The molecule has 1 atom stereocenters. The molecule has 20 heavy (non-hydrogen) atoms. The van der Waals surface area contributed by atoms with E-state index in [4.69, 9.17) is 14.6 Å². The third-order valence-corrected chi connectivity index (χ3v) is 3.36. The Bertz CT molecular complexity index is 519. The van der Waals surface area contributed by atoms with E-state index in [-0.39, 0.29) is 19.2 Å². The Labute approximate surface area is 121 Å². The van der Waals surface area contributed by atoms with E-state index < -0.39 is 11.9 Å². The number of amides is 1. The fourth-order valence-electron chi connectivity index (χ4n) is 1.90. The Morgan fingerprint density at radius 3 is 2.80 bits per heavy atom. The first-order chi connectivity index (χ1) is 9.60. The lowest BCUT2D eigenvalue weighted by atomic mass is 10.00. The molecule has 2 rings (SSSR count). The highest BCUT2D eigenvalue weighted by Gasteiger charge is 2.20. The molecule has 1 aromatic rings. The summed E-state index contributed by atoms with van der Waals surface area (Å²) in [7, 11) is 0. The molecule has 0 saturated carbocycles. The number of ether oxygens (including phenoxy) is 2. The van der Waals surface area contributed by atoms with E-state index in [2.05, 4.69) is 17.9 Å². The molecule has 0 bridgehead atoms. The van der Waals surface area contributed by atoms with Crippen molar-refractivity contribution < 1.29 is 24.2 Å². The van der Waals surface area contributed by atoms with Crippen molar-refractivity contribution in [3.05, 3.63) is 23.8 Å². The van der Waals surface area contributed by atoms with Crippen molar-refractivity contribution in [1.29, 1.82) is 0 Å². The number of thiol groups is 1.